The van der Waals surface area contributed by atoms with Crippen LogP contribution >= 0.6 is 0 Å². The molecule has 210 valence electrons. The summed E-state index contributed by atoms with van der Waals surface area (Å²) in [6.07, 6.45) is 0. The Morgan fingerprint density at radius 2 is 0.864 bits per heavy atom. The summed E-state index contributed by atoms with van der Waals surface area (Å²) in [5.74, 6) is 0. The molecule has 0 fully saturated rings. The topological polar surface area (TPSA) is 0 Å². The largest absolute Gasteiger partial charge is 0.0622 e. The lowest BCUT2D eigenvalue weighted by molar-refractivity contribution is 0.661. The van der Waals surface area contributed by atoms with Crippen LogP contribution in [0.5, 0.6) is 0 Å². The van der Waals surface area contributed by atoms with E-state index in [9.17, 15) is 0 Å². The highest BCUT2D eigenvalue weighted by Crippen LogP contribution is 2.57. The Morgan fingerprint density at radius 3 is 1.55 bits per heavy atom. The van der Waals surface area contributed by atoms with Gasteiger partial charge in [-0.3, -0.25) is 0 Å². The van der Waals surface area contributed by atoms with Crippen molar-refractivity contribution in [3.8, 4) is 44.5 Å². The minimum atomic E-state index is -0.0726. The number of rotatable bonds is 2. The minimum absolute atomic E-state index is 0.0726. The Balaban J connectivity index is 1.56. The summed E-state index contributed by atoms with van der Waals surface area (Å²) in [5.41, 5.74) is 16.2. The predicted molar refractivity (Wildman–Crippen MR) is 187 cm³/mol. The molecule has 0 atom stereocenters. The van der Waals surface area contributed by atoms with Gasteiger partial charge in [-0.25, -0.2) is 0 Å². The van der Waals surface area contributed by atoms with Crippen LogP contribution in [0.25, 0.3) is 66.1 Å². The maximum atomic E-state index is 2.53. The zero-order chi connectivity index (χ0) is 29.8. The predicted octanol–water partition coefficient (Wildman–Crippen LogP) is 11.9. The normalized spacial score (nSPS) is 15.2. The SMILES string of the molecule is CC1(C)c2ccccc2-c2cc3c(-c4ccccc4)c4c5c(ccc4c(-c4ccccc4)c3cc21)C(C)(C)c1ccccc1-5. The van der Waals surface area contributed by atoms with Gasteiger partial charge < -0.3 is 0 Å². The maximum absolute atomic E-state index is 2.53. The third kappa shape index (κ3) is 3.23. The second kappa shape index (κ2) is 8.80. The second-order valence-electron chi connectivity index (χ2n) is 13.7. The third-order valence-corrected chi connectivity index (χ3v) is 10.7. The van der Waals surface area contributed by atoms with E-state index in [0.29, 0.717) is 0 Å². The van der Waals surface area contributed by atoms with Crippen molar-refractivity contribution in [2.24, 2.45) is 0 Å². The van der Waals surface area contributed by atoms with Crippen molar-refractivity contribution < 1.29 is 0 Å². The maximum Gasteiger partial charge on any atom is 0.0159 e. The molecule has 9 rings (SSSR count). The highest BCUT2D eigenvalue weighted by Gasteiger charge is 2.39. The van der Waals surface area contributed by atoms with Gasteiger partial charge in [0.05, 0.1) is 0 Å². The van der Waals surface area contributed by atoms with Gasteiger partial charge in [0.2, 0.25) is 0 Å². The first kappa shape index (κ1) is 25.5. The first-order chi connectivity index (χ1) is 21.4. The molecule has 2 aliphatic rings. The molecule has 2 aliphatic carbocycles. The van der Waals surface area contributed by atoms with E-state index in [1.807, 2.05) is 0 Å². The lowest BCUT2D eigenvalue weighted by Gasteiger charge is -2.25. The third-order valence-electron chi connectivity index (χ3n) is 10.7. The van der Waals surface area contributed by atoms with Crippen molar-refractivity contribution in [2.75, 3.05) is 0 Å². The van der Waals surface area contributed by atoms with Crippen LogP contribution in [0, 0.1) is 0 Å². The molecule has 7 aromatic rings. The summed E-state index contributed by atoms with van der Waals surface area (Å²) >= 11 is 0. The van der Waals surface area contributed by atoms with E-state index in [-0.39, 0.29) is 10.8 Å². The molecule has 0 heteroatoms. The fraction of sp³-hybridized carbons (Fsp3) is 0.136. The molecular formula is C44H34. The Morgan fingerprint density at radius 1 is 0.341 bits per heavy atom. The summed E-state index contributed by atoms with van der Waals surface area (Å²) in [5, 5.41) is 5.34. The fourth-order valence-electron chi connectivity index (χ4n) is 8.52. The van der Waals surface area contributed by atoms with Gasteiger partial charge in [0.25, 0.3) is 0 Å². The lowest BCUT2D eigenvalue weighted by atomic mass is 9.77. The van der Waals surface area contributed by atoms with Gasteiger partial charge in [0.15, 0.2) is 0 Å². The Hall–Kier alpha value is -4.94. The summed E-state index contributed by atoms with van der Waals surface area (Å²) in [7, 11) is 0. The standard InChI is InChI=1S/C44H34/c1-43(2)36-22-14-12-20-30(36)41-37(43)24-23-31-39(27-15-7-5-8-16-27)34-26-38-32(29-19-11-13-21-35(29)44(38,3)4)25-33(34)40(42(31)41)28-17-9-6-10-18-28/h5-26H,1-4H3. The van der Waals surface area contributed by atoms with E-state index in [4.69, 9.17) is 0 Å². The number of hydrogen-bond donors (Lipinski definition) is 0. The highest BCUT2D eigenvalue weighted by molar-refractivity contribution is 6.26. The van der Waals surface area contributed by atoms with Crippen LogP contribution in [-0.4, -0.2) is 0 Å². The molecule has 0 aliphatic heterocycles. The van der Waals surface area contributed by atoms with Crippen LogP contribution in [0.1, 0.15) is 49.9 Å². The molecule has 7 aromatic carbocycles. The number of hydrogen-bond acceptors (Lipinski definition) is 0. The molecule has 0 amide bonds. The van der Waals surface area contributed by atoms with Crippen molar-refractivity contribution in [1.29, 1.82) is 0 Å². The molecule has 0 spiro atoms. The molecule has 0 heterocycles. The molecule has 0 N–H and O–H groups in total. The van der Waals surface area contributed by atoms with Crippen molar-refractivity contribution in [3.63, 3.8) is 0 Å². The van der Waals surface area contributed by atoms with Crippen LogP contribution in [0.4, 0.5) is 0 Å². The van der Waals surface area contributed by atoms with Crippen molar-refractivity contribution >= 4 is 21.5 Å². The van der Waals surface area contributed by atoms with Gasteiger partial charge in [-0.2, -0.15) is 0 Å². The average Bonchev–Trinajstić information content (AvgIpc) is 3.43. The molecule has 0 nitrogen and oxygen atoms in total. The smallest absolute Gasteiger partial charge is 0.0159 e. The Labute approximate surface area is 259 Å². The Kier molecular flexibility index (Phi) is 5.11. The summed E-state index contributed by atoms with van der Waals surface area (Å²) in [4.78, 5) is 0. The number of fused-ring (bicyclic) bond motifs is 9. The van der Waals surface area contributed by atoms with E-state index in [2.05, 4.69) is 161 Å². The van der Waals surface area contributed by atoms with Crippen LogP contribution in [0.3, 0.4) is 0 Å². The van der Waals surface area contributed by atoms with E-state index < -0.39 is 0 Å². The molecule has 0 unspecified atom stereocenters. The van der Waals surface area contributed by atoms with Gasteiger partial charge in [0.1, 0.15) is 0 Å². The molecule has 0 saturated heterocycles. The number of benzene rings is 7. The van der Waals surface area contributed by atoms with Crippen LogP contribution in [-0.2, 0) is 10.8 Å². The van der Waals surface area contributed by atoms with Crippen molar-refractivity contribution in [3.05, 3.63) is 156 Å². The fourth-order valence-corrected chi connectivity index (χ4v) is 8.52. The van der Waals surface area contributed by atoms with Gasteiger partial charge in [-0.15, -0.1) is 0 Å². The van der Waals surface area contributed by atoms with Gasteiger partial charge in [-0.05, 0) is 100 Å². The van der Waals surface area contributed by atoms with Crippen molar-refractivity contribution in [2.45, 2.75) is 38.5 Å². The van der Waals surface area contributed by atoms with Crippen LogP contribution in [0.2, 0.25) is 0 Å². The average molecular weight is 563 g/mol. The minimum Gasteiger partial charge on any atom is -0.0622 e. The van der Waals surface area contributed by atoms with E-state index >= 15 is 0 Å². The van der Waals surface area contributed by atoms with Gasteiger partial charge in [0, 0.05) is 10.8 Å². The van der Waals surface area contributed by atoms with Gasteiger partial charge >= 0.3 is 0 Å². The molecule has 0 aromatic heterocycles. The van der Waals surface area contributed by atoms with Crippen LogP contribution < -0.4 is 0 Å². The Bertz CT molecular complexity index is 2290. The highest BCUT2D eigenvalue weighted by atomic mass is 14.4. The van der Waals surface area contributed by atoms with Crippen molar-refractivity contribution in [1.82, 2.24) is 0 Å². The van der Waals surface area contributed by atoms with E-state index in [1.165, 1.54) is 88.3 Å². The quantitative estimate of drug-likeness (QED) is 0.184. The first-order valence-corrected chi connectivity index (χ1v) is 15.8. The summed E-state index contributed by atoms with van der Waals surface area (Å²) < 4.78 is 0. The molecule has 0 bridgehead atoms. The zero-order valence-electron chi connectivity index (χ0n) is 25.7. The lowest BCUT2D eigenvalue weighted by Crippen LogP contribution is -2.15. The zero-order valence-corrected chi connectivity index (χ0v) is 25.7. The molecule has 0 saturated carbocycles. The first-order valence-electron chi connectivity index (χ1n) is 15.8. The second-order valence-corrected chi connectivity index (χ2v) is 13.7. The monoisotopic (exact) mass is 562 g/mol. The molecular weight excluding hydrogens is 528 g/mol. The summed E-state index contributed by atoms with van der Waals surface area (Å²) in [6, 6.07) is 50.1. The van der Waals surface area contributed by atoms with E-state index in [1.54, 1.807) is 0 Å². The molecule has 44 heavy (non-hydrogen) atoms. The molecule has 0 radical (unpaired) electrons. The summed E-state index contributed by atoms with van der Waals surface area (Å²) in [6.45, 7) is 9.54. The van der Waals surface area contributed by atoms with Crippen LogP contribution in [0.15, 0.2) is 133 Å². The van der Waals surface area contributed by atoms with E-state index in [0.717, 1.165) is 0 Å². The van der Waals surface area contributed by atoms with Gasteiger partial charge in [-0.1, -0.05) is 149 Å².